The van der Waals surface area contributed by atoms with Gasteiger partial charge in [0.2, 0.25) is 11.8 Å². The fourth-order valence-corrected chi connectivity index (χ4v) is 2.64. The summed E-state index contributed by atoms with van der Waals surface area (Å²) in [5.41, 5.74) is 5.25. The molecular formula is C11H19N3O2. The summed E-state index contributed by atoms with van der Waals surface area (Å²) in [5.74, 6) is -1.10. The molecule has 0 spiro atoms. The van der Waals surface area contributed by atoms with Crippen LogP contribution in [-0.4, -0.2) is 42.4 Å². The van der Waals surface area contributed by atoms with Crippen molar-refractivity contribution in [2.75, 3.05) is 19.6 Å². The van der Waals surface area contributed by atoms with E-state index in [1.165, 1.54) is 0 Å². The Hall–Kier alpha value is -1.10. The highest BCUT2D eigenvalue weighted by Gasteiger charge is 2.36. The number of likely N-dealkylation sites (tertiary alicyclic amines) is 1. The molecule has 2 fully saturated rings. The maximum Gasteiger partial charge on any atom is 0.235 e. The van der Waals surface area contributed by atoms with Gasteiger partial charge < -0.3 is 16.0 Å². The molecule has 0 aliphatic carbocycles. The fraction of sp³-hybridized carbons (Fsp3) is 0.818. The smallest absolute Gasteiger partial charge is 0.235 e. The number of carbonyl (C=O) groups is 2. The van der Waals surface area contributed by atoms with E-state index in [0.717, 1.165) is 38.9 Å². The second-order valence-corrected chi connectivity index (χ2v) is 4.61. The number of piperidine rings is 2. The zero-order valence-corrected chi connectivity index (χ0v) is 9.45. The maximum atomic E-state index is 12.1. The molecular weight excluding hydrogens is 206 g/mol. The van der Waals surface area contributed by atoms with Crippen molar-refractivity contribution in [3.63, 3.8) is 0 Å². The lowest BCUT2D eigenvalue weighted by atomic mass is 9.93. The Labute approximate surface area is 95.3 Å². The van der Waals surface area contributed by atoms with Crippen LogP contribution in [0.2, 0.25) is 0 Å². The summed E-state index contributed by atoms with van der Waals surface area (Å²) in [5, 5.41) is 3.27. The summed E-state index contributed by atoms with van der Waals surface area (Å²) in [7, 11) is 0. The van der Waals surface area contributed by atoms with Gasteiger partial charge in [-0.1, -0.05) is 0 Å². The largest absolute Gasteiger partial charge is 0.369 e. The third-order valence-electron chi connectivity index (χ3n) is 3.57. The zero-order valence-electron chi connectivity index (χ0n) is 9.45. The molecule has 2 heterocycles. The van der Waals surface area contributed by atoms with E-state index in [1.807, 2.05) is 4.90 Å². The molecule has 5 nitrogen and oxygen atoms in total. The molecule has 0 aromatic carbocycles. The van der Waals surface area contributed by atoms with Crippen molar-refractivity contribution in [3.8, 4) is 0 Å². The number of hydrogen-bond donors (Lipinski definition) is 2. The number of primary amides is 1. The van der Waals surface area contributed by atoms with Crippen LogP contribution in [0.25, 0.3) is 0 Å². The van der Waals surface area contributed by atoms with Crippen LogP contribution >= 0.6 is 0 Å². The molecule has 0 radical (unpaired) electrons. The van der Waals surface area contributed by atoms with Gasteiger partial charge in [-0.05, 0) is 38.8 Å². The van der Waals surface area contributed by atoms with Crippen LogP contribution in [0.3, 0.4) is 0 Å². The summed E-state index contributed by atoms with van der Waals surface area (Å²) in [6.45, 7) is 2.69. The Morgan fingerprint density at radius 3 is 2.62 bits per heavy atom. The van der Waals surface area contributed by atoms with Crippen molar-refractivity contribution in [2.45, 2.75) is 31.7 Å². The summed E-state index contributed by atoms with van der Waals surface area (Å²) in [6.07, 6.45) is 3.48. The van der Waals surface area contributed by atoms with Crippen LogP contribution in [0.5, 0.6) is 0 Å². The fourth-order valence-electron chi connectivity index (χ4n) is 2.64. The molecule has 2 aliphatic heterocycles. The van der Waals surface area contributed by atoms with E-state index in [-0.39, 0.29) is 5.91 Å². The van der Waals surface area contributed by atoms with Gasteiger partial charge in [-0.25, -0.2) is 0 Å². The molecule has 90 valence electrons. The average molecular weight is 225 g/mol. The van der Waals surface area contributed by atoms with E-state index < -0.39 is 11.8 Å². The molecule has 0 aromatic rings. The molecule has 0 saturated carbocycles. The highest BCUT2D eigenvalue weighted by Crippen LogP contribution is 2.23. The first-order valence-corrected chi connectivity index (χ1v) is 6.00. The van der Waals surface area contributed by atoms with Crippen LogP contribution in [-0.2, 0) is 9.59 Å². The van der Waals surface area contributed by atoms with Gasteiger partial charge in [-0.2, -0.15) is 0 Å². The van der Waals surface area contributed by atoms with Gasteiger partial charge in [0, 0.05) is 12.6 Å². The Bertz CT molecular complexity index is 287. The molecule has 2 amide bonds. The number of hydrogen-bond acceptors (Lipinski definition) is 3. The van der Waals surface area contributed by atoms with E-state index >= 15 is 0 Å². The predicted molar refractivity (Wildman–Crippen MR) is 59.5 cm³/mol. The number of nitrogens with one attached hydrogen (secondary N) is 1. The highest BCUT2D eigenvalue weighted by molar-refractivity contribution is 6.00. The SMILES string of the molecule is NC(=O)C1CCCN(C2CCNCC2)C1=O. The lowest BCUT2D eigenvalue weighted by Gasteiger charge is -2.39. The van der Waals surface area contributed by atoms with Gasteiger partial charge in [0.05, 0.1) is 0 Å². The summed E-state index contributed by atoms with van der Waals surface area (Å²) in [6, 6.07) is 0.302. The topological polar surface area (TPSA) is 75.4 Å². The predicted octanol–water partition coefficient (Wildman–Crippen LogP) is -0.538. The van der Waals surface area contributed by atoms with Crippen molar-refractivity contribution in [2.24, 2.45) is 11.7 Å². The van der Waals surface area contributed by atoms with E-state index in [2.05, 4.69) is 5.32 Å². The first-order chi connectivity index (χ1) is 7.70. The first kappa shape index (κ1) is 11.4. The summed E-state index contributed by atoms with van der Waals surface area (Å²) >= 11 is 0. The standard InChI is InChI=1S/C11H19N3O2/c12-10(15)9-2-1-7-14(11(9)16)8-3-5-13-6-4-8/h8-9,13H,1-7H2,(H2,12,15). The normalized spacial score (nSPS) is 28.1. The van der Waals surface area contributed by atoms with Crippen LogP contribution in [0.15, 0.2) is 0 Å². The minimum Gasteiger partial charge on any atom is -0.369 e. The van der Waals surface area contributed by atoms with Gasteiger partial charge in [-0.15, -0.1) is 0 Å². The van der Waals surface area contributed by atoms with Gasteiger partial charge in [0.25, 0.3) is 0 Å². The minimum atomic E-state index is -0.580. The molecule has 16 heavy (non-hydrogen) atoms. The van der Waals surface area contributed by atoms with Crippen LogP contribution in [0.4, 0.5) is 0 Å². The molecule has 3 N–H and O–H groups in total. The molecule has 2 saturated heterocycles. The number of nitrogens with two attached hydrogens (primary N) is 1. The molecule has 0 aromatic heterocycles. The highest BCUT2D eigenvalue weighted by atomic mass is 16.2. The van der Waals surface area contributed by atoms with Crippen molar-refractivity contribution in [3.05, 3.63) is 0 Å². The Morgan fingerprint density at radius 2 is 2.00 bits per heavy atom. The molecule has 2 rings (SSSR count). The van der Waals surface area contributed by atoms with Crippen molar-refractivity contribution < 1.29 is 9.59 Å². The minimum absolute atomic E-state index is 0.0503. The van der Waals surface area contributed by atoms with Gasteiger partial charge in [0.1, 0.15) is 5.92 Å². The Balaban J connectivity index is 2.03. The molecule has 5 heteroatoms. The molecule has 1 atom stereocenters. The lowest BCUT2D eigenvalue weighted by Crippen LogP contribution is -2.53. The van der Waals surface area contributed by atoms with E-state index in [0.29, 0.717) is 12.5 Å². The van der Waals surface area contributed by atoms with Crippen LogP contribution < -0.4 is 11.1 Å². The third-order valence-corrected chi connectivity index (χ3v) is 3.57. The summed E-state index contributed by atoms with van der Waals surface area (Å²) < 4.78 is 0. The van der Waals surface area contributed by atoms with Crippen molar-refractivity contribution in [1.29, 1.82) is 0 Å². The van der Waals surface area contributed by atoms with Crippen molar-refractivity contribution >= 4 is 11.8 Å². The molecule has 0 bridgehead atoms. The van der Waals surface area contributed by atoms with Gasteiger partial charge in [-0.3, -0.25) is 9.59 Å². The summed E-state index contributed by atoms with van der Waals surface area (Å²) in [4.78, 5) is 25.1. The second-order valence-electron chi connectivity index (χ2n) is 4.61. The molecule has 2 aliphatic rings. The van der Waals surface area contributed by atoms with E-state index in [1.54, 1.807) is 0 Å². The van der Waals surface area contributed by atoms with Crippen LogP contribution in [0, 0.1) is 5.92 Å². The first-order valence-electron chi connectivity index (χ1n) is 6.00. The molecule has 1 unspecified atom stereocenters. The monoisotopic (exact) mass is 225 g/mol. The van der Waals surface area contributed by atoms with E-state index in [9.17, 15) is 9.59 Å². The van der Waals surface area contributed by atoms with E-state index in [4.69, 9.17) is 5.73 Å². The Morgan fingerprint density at radius 1 is 1.31 bits per heavy atom. The number of carbonyl (C=O) groups excluding carboxylic acids is 2. The van der Waals surface area contributed by atoms with Crippen molar-refractivity contribution in [1.82, 2.24) is 10.2 Å². The lowest BCUT2D eigenvalue weighted by molar-refractivity contribution is -0.146. The second kappa shape index (κ2) is 4.82. The average Bonchev–Trinajstić information content (AvgIpc) is 2.30. The maximum absolute atomic E-state index is 12.1. The zero-order chi connectivity index (χ0) is 11.5. The number of rotatable bonds is 2. The number of amides is 2. The van der Waals surface area contributed by atoms with Gasteiger partial charge in [0.15, 0.2) is 0 Å². The Kier molecular flexibility index (Phi) is 3.43. The van der Waals surface area contributed by atoms with Gasteiger partial charge >= 0.3 is 0 Å². The quantitative estimate of drug-likeness (QED) is 0.620. The van der Waals surface area contributed by atoms with Crippen LogP contribution in [0.1, 0.15) is 25.7 Å². The number of nitrogens with zero attached hydrogens (tertiary/aromatic N) is 1. The third kappa shape index (κ3) is 2.19.